The number of nitrogens with one attached hydrogen (secondary N) is 1. The second kappa shape index (κ2) is 10.1. The van der Waals surface area contributed by atoms with Crippen molar-refractivity contribution in [2.45, 2.75) is 33.5 Å². The first-order valence-electron chi connectivity index (χ1n) is 9.40. The van der Waals surface area contributed by atoms with Crippen LogP contribution in [0.1, 0.15) is 29.3 Å². The number of pyridine rings is 1. The molecule has 28 heavy (non-hydrogen) atoms. The topological polar surface area (TPSA) is 43.4 Å². The Kier molecular flexibility index (Phi) is 7.29. The molecule has 0 bridgehead atoms. The summed E-state index contributed by atoms with van der Waals surface area (Å²) in [5, 5.41) is 3.93. The molecule has 5 heteroatoms. The Bertz CT molecular complexity index is 883. The molecule has 2 aromatic carbocycles. The average Bonchev–Trinajstić information content (AvgIpc) is 2.70. The van der Waals surface area contributed by atoms with Crippen molar-refractivity contribution >= 4 is 11.6 Å². The smallest absolute Gasteiger partial charge is 0.180 e. The number of rotatable bonds is 9. The summed E-state index contributed by atoms with van der Waals surface area (Å²) < 4.78 is 11.8. The second-order valence-electron chi connectivity index (χ2n) is 6.54. The zero-order valence-corrected chi connectivity index (χ0v) is 17.0. The Morgan fingerprint density at radius 1 is 0.964 bits per heavy atom. The molecule has 3 rings (SSSR count). The molecule has 0 amide bonds. The first-order valence-corrected chi connectivity index (χ1v) is 9.77. The fourth-order valence-corrected chi connectivity index (χ4v) is 3.09. The molecule has 1 N–H and O–H groups in total. The summed E-state index contributed by atoms with van der Waals surface area (Å²) in [7, 11) is 0. The average molecular weight is 397 g/mol. The normalized spacial score (nSPS) is 10.7. The molecule has 0 saturated carbocycles. The number of halogens is 1. The van der Waals surface area contributed by atoms with E-state index in [-0.39, 0.29) is 0 Å². The monoisotopic (exact) mass is 396 g/mol. The standard InChI is InChI=1S/C23H25ClN2O2/c1-3-27-22-13-19(14-25-15-20-6-4-5-11-26-20)12-21(24)23(22)28-16-18-9-7-17(2)8-10-18/h4-13,25H,3,14-16H2,1-2H3. The Morgan fingerprint density at radius 3 is 2.50 bits per heavy atom. The molecule has 0 aliphatic carbocycles. The minimum absolute atomic E-state index is 0.442. The van der Waals surface area contributed by atoms with Gasteiger partial charge in [-0.15, -0.1) is 0 Å². The first kappa shape index (κ1) is 20.2. The molecule has 0 aliphatic heterocycles. The lowest BCUT2D eigenvalue weighted by Gasteiger charge is -2.16. The van der Waals surface area contributed by atoms with Gasteiger partial charge in [-0.25, -0.2) is 0 Å². The van der Waals surface area contributed by atoms with E-state index >= 15 is 0 Å². The lowest BCUT2D eigenvalue weighted by molar-refractivity contribution is 0.269. The number of benzene rings is 2. The maximum absolute atomic E-state index is 6.51. The van der Waals surface area contributed by atoms with E-state index < -0.39 is 0 Å². The number of nitrogens with zero attached hydrogens (tertiary/aromatic N) is 1. The summed E-state index contributed by atoms with van der Waals surface area (Å²) in [6.07, 6.45) is 1.79. The Morgan fingerprint density at radius 2 is 1.79 bits per heavy atom. The quantitative estimate of drug-likeness (QED) is 0.532. The minimum atomic E-state index is 0.442. The number of aryl methyl sites for hydroxylation is 1. The van der Waals surface area contributed by atoms with Gasteiger partial charge in [0.15, 0.2) is 11.5 Å². The van der Waals surface area contributed by atoms with Gasteiger partial charge in [0.1, 0.15) is 6.61 Å². The number of ether oxygens (including phenoxy) is 2. The molecule has 0 spiro atoms. The lowest BCUT2D eigenvalue weighted by atomic mass is 10.1. The highest BCUT2D eigenvalue weighted by molar-refractivity contribution is 6.32. The highest BCUT2D eigenvalue weighted by Crippen LogP contribution is 2.37. The van der Waals surface area contributed by atoms with Crippen LogP contribution >= 0.6 is 11.6 Å². The highest BCUT2D eigenvalue weighted by atomic mass is 35.5. The Hall–Kier alpha value is -2.56. The largest absolute Gasteiger partial charge is 0.490 e. The summed E-state index contributed by atoms with van der Waals surface area (Å²) in [6.45, 7) is 6.35. The van der Waals surface area contributed by atoms with E-state index in [0.717, 1.165) is 16.8 Å². The zero-order chi connectivity index (χ0) is 19.8. The van der Waals surface area contributed by atoms with Gasteiger partial charge in [-0.1, -0.05) is 47.5 Å². The fraction of sp³-hybridized carbons (Fsp3) is 0.261. The van der Waals surface area contributed by atoms with Crippen LogP contribution in [0.2, 0.25) is 5.02 Å². The van der Waals surface area contributed by atoms with Gasteiger partial charge < -0.3 is 14.8 Å². The summed E-state index contributed by atoms with van der Waals surface area (Å²) in [4.78, 5) is 4.31. The van der Waals surface area contributed by atoms with E-state index in [0.29, 0.717) is 42.8 Å². The lowest BCUT2D eigenvalue weighted by Crippen LogP contribution is -2.14. The van der Waals surface area contributed by atoms with E-state index in [1.807, 2.05) is 37.3 Å². The predicted octanol–water partition coefficient (Wildman–Crippen LogP) is 5.31. The third-order valence-electron chi connectivity index (χ3n) is 4.23. The third kappa shape index (κ3) is 5.72. The predicted molar refractivity (Wildman–Crippen MR) is 113 cm³/mol. The Labute approximate surface area is 171 Å². The van der Waals surface area contributed by atoms with Crippen molar-refractivity contribution in [3.63, 3.8) is 0 Å². The molecule has 0 fully saturated rings. The van der Waals surface area contributed by atoms with Crippen LogP contribution in [0.25, 0.3) is 0 Å². The summed E-state index contributed by atoms with van der Waals surface area (Å²) in [5.41, 5.74) is 4.34. The van der Waals surface area contributed by atoms with E-state index in [2.05, 4.69) is 41.5 Å². The second-order valence-corrected chi connectivity index (χ2v) is 6.94. The highest BCUT2D eigenvalue weighted by Gasteiger charge is 2.13. The summed E-state index contributed by atoms with van der Waals surface area (Å²) in [5.74, 6) is 1.24. The van der Waals surface area contributed by atoms with Crippen molar-refractivity contribution in [3.8, 4) is 11.5 Å². The zero-order valence-electron chi connectivity index (χ0n) is 16.2. The molecule has 0 unspecified atom stereocenters. The van der Waals surface area contributed by atoms with Gasteiger partial charge in [0.2, 0.25) is 0 Å². The Balaban J connectivity index is 1.67. The molecule has 3 aromatic rings. The van der Waals surface area contributed by atoms with Crippen molar-refractivity contribution in [3.05, 3.63) is 88.2 Å². The van der Waals surface area contributed by atoms with Crippen LogP contribution in [0.3, 0.4) is 0 Å². The molecule has 1 aromatic heterocycles. The van der Waals surface area contributed by atoms with Crippen molar-refractivity contribution < 1.29 is 9.47 Å². The third-order valence-corrected chi connectivity index (χ3v) is 4.52. The summed E-state index contributed by atoms with van der Waals surface area (Å²) >= 11 is 6.51. The first-order chi connectivity index (χ1) is 13.7. The molecular weight excluding hydrogens is 372 g/mol. The number of hydrogen-bond donors (Lipinski definition) is 1. The summed E-state index contributed by atoms with van der Waals surface area (Å²) in [6, 6.07) is 18.0. The van der Waals surface area contributed by atoms with Crippen LogP contribution in [-0.2, 0) is 19.7 Å². The van der Waals surface area contributed by atoms with Crippen LogP contribution in [0.15, 0.2) is 60.8 Å². The van der Waals surface area contributed by atoms with Crippen LogP contribution in [0.4, 0.5) is 0 Å². The molecule has 146 valence electrons. The maximum atomic E-state index is 6.51. The van der Waals surface area contributed by atoms with Crippen LogP contribution in [-0.4, -0.2) is 11.6 Å². The van der Waals surface area contributed by atoms with E-state index in [1.54, 1.807) is 6.20 Å². The van der Waals surface area contributed by atoms with Gasteiger partial charge in [0.05, 0.1) is 17.3 Å². The van der Waals surface area contributed by atoms with Crippen molar-refractivity contribution in [2.75, 3.05) is 6.61 Å². The van der Waals surface area contributed by atoms with E-state index in [9.17, 15) is 0 Å². The van der Waals surface area contributed by atoms with Gasteiger partial charge >= 0.3 is 0 Å². The van der Waals surface area contributed by atoms with E-state index in [1.165, 1.54) is 5.56 Å². The maximum Gasteiger partial charge on any atom is 0.180 e. The van der Waals surface area contributed by atoms with E-state index in [4.69, 9.17) is 21.1 Å². The molecule has 1 heterocycles. The molecule has 4 nitrogen and oxygen atoms in total. The van der Waals surface area contributed by atoms with Gasteiger partial charge in [-0.3, -0.25) is 4.98 Å². The van der Waals surface area contributed by atoms with Crippen molar-refractivity contribution in [1.29, 1.82) is 0 Å². The fourth-order valence-electron chi connectivity index (χ4n) is 2.80. The number of aromatic nitrogens is 1. The van der Waals surface area contributed by atoms with Crippen LogP contribution in [0, 0.1) is 6.92 Å². The molecule has 0 saturated heterocycles. The molecule has 0 radical (unpaired) electrons. The van der Waals surface area contributed by atoms with Crippen LogP contribution < -0.4 is 14.8 Å². The van der Waals surface area contributed by atoms with Gasteiger partial charge in [0, 0.05) is 19.3 Å². The molecular formula is C23H25ClN2O2. The van der Waals surface area contributed by atoms with Gasteiger partial charge in [-0.05, 0) is 49.2 Å². The van der Waals surface area contributed by atoms with Crippen molar-refractivity contribution in [1.82, 2.24) is 10.3 Å². The van der Waals surface area contributed by atoms with Gasteiger partial charge in [0.25, 0.3) is 0 Å². The van der Waals surface area contributed by atoms with Crippen molar-refractivity contribution in [2.24, 2.45) is 0 Å². The SMILES string of the molecule is CCOc1cc(CNCc2ccccn2)cc(Cl)c1OCc1ccc(C)cc1. The van der Waals surface area contributed by atoms with Crippen LogP contribution in [0.5, 0.6) is 11.5 Å². The number of hydrogen-bond acceptors (Lipinski definition) is 4. The van der Waals surface area contributed by atoms with Gasteiger partial charge in [-0.2, -0.15) is 0 Å². The molecule has 0 atom stereocenters. The minimum Gasteiger partial charge on any atom is -0.490 e. The molecule has 0 aliphatic rings.